The molecule has 108 valence electrons. The van der Waals surface area contributed by atoms with Crippen molar-refractivity contribution in [2.24, 2.45) is 5.92 Å². The lowest BCUT2D eigenvalue weighted by atomic mass is 10.1. The minimum absolute atomic E-state index is 0.0182. The Hall–Kier alpha value is -1.21. The van der Waals surface area contributed by atoms with Crippen LogP contribution < -0.4 is 5.56 Å². The summed E-state index contributed by atoms with van der Waals surface area (Å²) in [4.78, 5) is 17.5. The van der Waals surface area contributed by atoms with E-state index in [0.29, 0.717) is 18.4 Å². The Morgan fingerprint density at radius 1 is 1.50 bits per heavy atom. The SMILES string of the molecule is Cc1csc2ncn(CC3CCCS(=O)(=O)C3)c(=O)c12. The highest BCUT2D eigenvalue weighted by atomic mass is 32.2. The summed E-state index contributed by atoms with van der Waals surface area (Å²) in [5.41, 5.74) is 0.879. The van der Waals surface area contributed by atoms with Crippen LogP contribution in [0.3, 0.4) is 0 Å². The Balaban J connectivity index is 1.93. The first-order valence-corrected chi connectivity index (χ1v) is 9.30. The Kier molecular flexibility index (Phi) is 3.41. The maximum atomic E-state index is 12.4. The van der Waals surface area contributed by atoms with E-state index in [-0.39, 0.29) is 23.0 Å². The lowest BCUT2D eigenvalue weighted by Gasteiger charge is -2.22. The molecule has 3 heterocycles. The molecule has 0 saturated carbocycles. The van der Waals surface area contributed by atoms with E-state index in [2.05, 4.69) is 4.98 Å². The summed E-state index contributed by atoms with van der Waals surface area (Å²) >= 11 is 1.46. The summed E-state index contributed by atoms with van der Waals surface area (Å²) in [5, 5.41) is 2.59. The van der Waals surface area contributed by atoms with Crippen LogP contribution in [0, 0.1) is 12.8 Å². The number of sulfone groups is 1. The summed E-state index contributed by atoms with van der Waals surface area (Å²) in [7, 11) is -2.94. The maximum absolute atomic E-state index is 12.4. The molecule has 1 saturated heterocycles. The van der Waals surface area contributed by atoms with Crippen LogP contribution >= 0.6 is 11.3 Å². The fourth-order valence-electron chi connectivity index (χ4n) is 2.77. The lowest BCUT2D eigenvalue weighted by Crippen LogP contribution is -2.31. The molecule has 2 aromatic heterocycles. The summed E-state index contributed by atoms with van der Waals surface area (Å²) in [5.74, 6) is 0.476. The molecule has 1 aliphatic rings. The van der Waals surface area contributed by atoms with Crippen LogP contribution in [-0.2, 0) is 16.4 Å². The number of fused-ring (bicyclic) bond motifs is 1. The topological polar surface area (TPSA) is 69.0 Å². The first-order chi connectivity index (χ1) is 9.46. The van der Waals surface area contributed by atoms with Gasteiger partial charge in [-0.15, -0.1) is 11.3 Å². The van der Waals surface area contributed by atoms with E-state index < -0.39 is 9.84 Å². The lowest BCUT2D eigenvalue weighted by molar-refractivity contribution is 0.419. The van der Waals surface area contributed by atoms with Gasteiger partial charge in [0.25, 0.3) is 5.56 Å². The highest BCUT2D eigenvalue weighted by Gasteiger charge is 2.25. The highest BCUT2D eigenvalue weighted by Crippen LogP contribution is 2.22. The van der Waals surface area contributed by atoms with E-state index in [0.717, 1.165) is 16.8 Å². The average molecular weight is 312 g/mol. The molecule has 0 aliphatic carbocycles. The third-order valence-corrected chi connectivity index (χ3v) is 6.65. The van der Waals surface area contributed by atoms with E-state index >= 15 is 0 Å². The summed E-state index contributed by atoms with van der Waals surface area (Å²) in [6, 6.07) is 0. The first-order valence-electron chi connectivity index (χ1n) is 6.60. The maximum Gasteiger partial charge on any atom is 0.262 e. The Labute approximate surface area is 121 Å². The van der Waals surface area contributed by atoms with Gasteiger partial charge in [-0.3, -0.25) is 9.36 Å². The van der Waals surface area contributed by atoms with E-state index in [1.165, 1.54) is 11.3 Å². The molecule has 0 spiro atoms. The van der Waals surface area contributed by atoms with Gasteiger partial charge in [0.15, 0.2) is 9.84 Å². The van der Waals surface area contributed by atoms with Crippen LogP contribution in [0.4, 0.5) is 0 Å². The molecular weight excluding hydrogens is 296 g/mol. The second kappa shape index (κ2) is 4.96. The molecule has 0 radical (unpaired) electrons. The Bertz CT molecular complexity index is 805. The number of hydrogen-bond acceptors (Lipinski definition) is 5. The van der Waals surface area contributed by atoms with Crippen molar-refractivity contribution in [1.29, 1.82) is 0 Å². The molecule has 0 N–H and O–H groups in total. The molecule has 0 bridgehead atoms. The van der Waals surface area contributed by atoms with Crippen molar-refractivity contribution in [3.63, 3.8) is 0 Å². The van der Waals surface area contributed by atoms with Gasteiger partial charge in [-0.05, 0) is 36.6 Å². The van der Waals surface area contributed by atoms with Gasteiger partial charge >= 0.3 is 0 Å². The van der Waals surface area contributed by atoms with Crippen molar-refractivity contribution in [2.75, 3.05) is 11.5 Å². The quantitative estimate of drug-likeness (QED) is 0.844. The predicted octanol–water partition coefficient (Wildman–Crippen LogP) is 1.59. The van der Waals surface area contributed by atoms with E-state index in [9.17, 15) is 13.2 Å². The number of thiophene rings is 1. The van der Waals surface area contributed by atoms with Gasteiger partial charge in [-0.2, -0.15) is 0 Å². The Morgan fingerprint density at radius 2 is 2.30 bits per heavy atom. The van der Waals surface area contributed by atoms with Crippen molar-refractivity contribution in [3.05, 3.63) is 27.6 Å². The molecule has 0 amide bonds. The number of aromatic nitrogens is 2. The van der Waals surface area contributed by atoms with E-state index in [1.807, 2.05) is 12.3 Å². The minimum atomic E-state index is -2.94. The molecular formula is C13H16N2O3S2. The number of aryl methyl sites for hydroxylation is 1. The zero-order valence-electron chi connectivity index (χ0n) is 11.2. The van der Waals surface area contributed by atoms with Crippen molar-refractivity contribution in [2.45, 2.75) is 26.3 Å². The first kappa shape index (κ1) is 13.8. The molecule has 5 nitrogen and oxygen atoms in total. The number of nitrogens with zero attached hydrogens (tertiary/aromatic N) is 2. The van der Waals surface area contributed by atoms with Gasteiger partial charge in [0.1, 0.15) is 4.83 Å². The third kappa shape index (κ3) is 2.52. The second-order valence-corrected chi connectivity index (χ2v) is 8.51. The molecule has 3 rings (SSSR count). The molecule has 7 heteroatoms. The standard InChI is InChI=1S/C13H16N2O3S2/c1-9-6-19-12-11(9)13(16)15(8-14-12)5-10-3-2-4-20(17,18)7-10/h6,8,10H,2-5,7H2,1H3. The molecule has 1 unspecified atom stereocenters. The van der Waals surface area contributed by atoms with Gasteiger partial charge in [-0.25, -0.2) is 13.4 Å². The minimum Gasteiger partial charge on any atom is -0.298 e. The fraction of sp³-hybridized carbons (Fsp3) is 0.538. The number of rotatable bonds is 2. The average Bonchev–Trinajstić information content (AvgIpc) is 2.74. The third-order valence-electron chi connectivity index (χ3n) is 3.76. The van der Waals surface area contributed by atoms with E-state index in [1.54, 1.807) is 10.9 Å². The van der Waals surface area contributed by atoms with Crippen LogP contribution in [0.1, 0.15) is 18.4 Å². The van der Waals surface area contributed by atoms with Crippen LogP contribution in [-0.4, -0.2) is 29.5 Å². The van der Waals surface area contributed by atoms with Crippen molar-refractivity contribution in [1.82, 2.24) is 9.55 Å². The number of hydrogen-bond donors (Lipinski definition) is 0. The molecule has 1 aliphatic heterocycles. The molecule has 2 aromatic rings. The monoisotopic (exact) mass is 312 g/mol. The summed E-state index contributed by atoms with van der Waals surface area (Å²) in [6.07, 6.45) is 3.09. The van der Waals surface area contributed by atoms with Crippen LogP contribution in [0.25, 0.3) is 10.2 Å². The smallest absolute Gasteiger partial charge is 0.262 e. The summed E-state index contributed by atoms with van der Waals surface area (Å²) < 4.78 is 24.9. The highest BCUT2D eigenvalue weighted by molar-refractivity contribution is 7.91. The molecule has 1 fully saturated rings. The molecule has 0 aromatic carbocycles. The van der Waals surface area contributed by atoms with Gasteiger partial charge in [0, 0.05) is 6.54 Å². The van der Waals surface area contributed by atoms with Crippen LogP contribution in [0.2, 0.25) is 0 Å². The van der Waals surface area contributed by atoms with Gasteiger partial charge in [0.2, 0.25) is 0 Å². The second-order valence-electron chi connectivity index (χ2n) is 5.42. The van der Waals surface area contributed by atoms with Gasteiger partial charge in [0.05, 0.1) is 23.2 Å². The normalized spacial score (nSPS) is 22.1. The largest absolute Gasteiger partial charge is 0.298 e. The Morgan fingerprint density at radius 3 is 3.05 bits per heavy atom. The fourth-order valence-corrected chi connectivity index (χ4v) is 5.42. The van der Waals surface area contributed by atoms with Crippen molar-refractivity contribution < 1.29 is 8.42 Å². The van der Waals surface area contributed by atoms with Gasteiger partial charge in [-0.1, -0.05) is 0 Å². The zero-order chi connectivity index (χ0) is 14.3. The summed E-state index contributed by atoms with van der Waals surface area (Å²) in [6.45, 7) is 2.34. The molecule has 1 atom stereocenters. The zero-order valence-corrected chi connectivity index (χ0v) is 12.8. The van der Waals surface area contributed by atoms with Crippen molar-refractivity contribution in [3.8, 4) is 0 Å². The predicted molar refractivity (Wildman–Crippen MR) is 80.0 cm³/mol. The van der Waals surface area contributed by atoms with Gasteiger partial charge < -0.3 is 0 Å². The van der Waals surface area contributed by atoms with E-state index in [4.69, 9.17) is 0 Å². The van der Waals surface area contributed by atoms with Crippen LogP contribution in [0.5, 0.6) is 0 Å². The molecule has 20 heavy (non-hydrogen) atoms. The van der Waals surface area contributed by atoms with Crippen LogP contribution in [0.15, 0.2) is 16.5 Å². The van der Waals surface area contributed by atoms with Crippen molar-refractivity contribution >= 4 is 31.4 Å².